The van der Waals surface area contributed by atoms with Crippen molar-refractivity contribution in [3.8, 4) is 0 Å². The molecule has 3 heteroatoms. The second-order valence-corrected chi connectivity index (χ2v) is 6.32. The van der Waals surface area contributed by atoms with E-state index in [-0.39, 0.29) is 5.41 Å². The van der Waals surface area contributed by atoms with Crippen molar-refractivity contribution >= 4 is 5.78 Å². The zero-order chi connectivity index (χ0) is 12.4. The molecule has 2 atom stereocenters. The molecule has 2 heterocycles. The minimum Gasteiger partial charge on any atom is -0.313 e. The number of rotatable bonds is 2. The summed E-state index contributed by atoms with van der Waals surface area (Å²) in [6.45, 7) is 2.21. The molecule has 0 amide bonds. The van der Waals surface area contributed by atoms with Gasteiger partial charge >= 0.3 is 0 Å². The van der Waals surface area contributed by atoms with Crippen molar-refractivity contribution in [3.05, 3.63) is 0 Å². The van der Waals surface area contributed by atoms with Crippen LogP contribution in [0.15, 0.2) is 0 Å². The molecule has 0 aromatic carbocycles. The molecule has 3 nitrogen and oxygen atoms in total. The fourth-order valence-corrected chi connectivity index (χ4v) is 4.48. The SMILES string of the molecule is O=C1CCCC1(C1CCCCN1)C1CCCCN1. The minimum absolute atomic E-state index is 0.0686. The van der Waals surface area contributed by atoms with E-state index in [0.29, 0.717) is 17.9 Å². The number of nitrogens with one attached hydrogen (secondary N) is 2. The summed E-state index contributed by atoms with van der Waals surface area (Å²) in [6, 6.07) is 0.883. The maximum Gasteiger partial charge on any atom is 0.142 e. The molecule has 0 spiro atoms. The van der Waals surface area contributed by atoms with Gasteiger partial charge in [0.2, 0.25) is 0 Å². The highest BCUT2D eigenvalue weighted by atomic mass is 16.1. The van der Waals surface area contributed by atoms with Crippen LogP contribution in [0.25, 0.3) is 0 Å². The molecule has 2 aliphatic heterocycles. The average Bonchev–Trinajstić information content (AvgIpc) is 2.84. The molecule has 2 saturated heterocycles. The zero-order valence-corrected chi connectivity index (χ0v) is 11.3. The van der Waals surface area contributed by atoms with Crippen LogP contribution in [0, 0.1) is 5.41 Å². The molecule has 0 aromatic rings. The molecule has 0 bridgehead atoms. The van der Waals surface area contributed by atoms with E-state index in [4.69, 9.17) is 0 Å². The van der Waals surface area contributed by atoms with Crippen LogP contribution in [0.3, 0.4) is 0 Å². The van der Waals surface area contributed by atoms with Gasteiger partial charge in [-0.15, -0.1) is 0 Å². The van der Waals surface area contributed by atoms with Crippen molar-refractivity contribution in [2.75, 3.05) is 13.1 Å². The minimum atomic E-state index is -0.0686. The summed E-state index contributed by atoms with van der Waals surface area (Å²) < 4.78 is 0. The predicted octanol–water partition coefficient (Wildman–Crippen LogP) is 2.01. The maximum atomic E-state index is 12.6. The molecule has 18 heavy (non-hydrogen) atoms. The van der Waals surface area contributed by atoms with E-state index in [2.05, 4.69) is 10.6 Å². The van der Waals surface area contributed by atoms with Gasteiger partial charge in [-0.3, -0.25) is 4.79 Å². The van der Waals surface area contributed by atoms with Gasteiger partial charge in [0.25, 0.3) is 0 Å². The summed E-state index contributed by atoms with van der Waals surface area (Å²) in [5, 5.41) is 7.34. The van der Waals surface area contributed by atoms with Gasteiger partial charge in [-0.2, -0.15) is 0 Å². The van der Waals surface area contributed by atoms with Crippen molar-refractivity contribution in [3.63, 3.8) is 0 Å². The van der Waals surface area contributed by atoms with Crippen molar-refractivity contribution in [1.29, 1.82) is 0 Å². The van der Waals surface area contributed by atoms with E-state index in [0.717, 1.165) is 32.4 Å². The van der Waals surface area contributed by atoms with Crippen molar-refractivity contribution in [2.24, 2.45) is 5.41 Å². The number of carbonyl (C=O) groups excluding carboxylic acids is 1. The lowest BCUT2D eigenvalue weighted by Crippen LogP contribution is -2.61. The van der Waals surface area contributed by atoms with Crippen LogP contribution in [-0.2, 0) is 4.79 Å². The first-order valence-electron chi connectivity index (χ1n) is 7.84. The Hall–Kier alpha value is -0.410. The molecule has 102 valence electrons. The van der Waals surface area contributed by atoms with Gasteiger partial charge in [-0.25, -0.2) is 0 Å². The van der Waals surface area contributed by atoms with Crippen LogP contribution < -0.4 is 10.6 Å². The Balaban J connectivity index is 1.84. The van der Waals surface area contributed by atoms with Gasteiger partial charge in [0.15, 0.2) is 0 Å². The third-order valence-electron chi connectivity index (χ3n) is 5.38. The molecular formula is C15H26N2O. The van der Waals surface area contributed by atoms with Crippen molar-refractivity contribution in [1.82, 2.24) is 10.6 Å². The summed E-state index contributed by atoms with van der Waals surface area (Å²) in [4.78, 5) is 12.6. The molecule has 0 radical (unpaired) electrons. The molecule has 2 N–H and O–H groups in total. The van der Waals surface area contributed by atoms with Gasteiger partial charge in [-0.05, 0) is 51.6 Å². The summed E-state index contributed by atoms with van der Waals surface area (Å²) in [6.07, 6.45) is 10.6. The highest BCUT2D eigenvalue weighted by Gasteiger charge is 2.53. The first kappa shape index (κ1) is 12.6. The largest absolute Gasteiger partial charge is 0.313 e. The molecule has 0 aromatic heterocycles. The number of piperidine rings is 2. The fourth-order valence-electron chi connectivity index (χ4n) is 4.48. The molecule has 3 fully saturated rings. The summed E-state index contributed by atoms with van der Waals surface area (Å²) >= 11 is 0. The van der Waals surface area contributed by atoms with Gasteiger partial charge < -0.3 is 10.6 Å². The Morgan fingerprint density at radius 3 is 1.89 bits per heavy atom. The second-order valence-electron chi connectivity index (χ2n) is 6.32. The molecule has 2 unspecified atom stereocenters. The number of Topliss-reactive ketones (excluding diaryl/α,β-unsaturated/α-hetero) is 1. The lowest BCUT2D eigenvalue weighted by molar-refractivity contribution is -0.130. The standard InChI is InChI=1S/C15H26N2O/c18-14-8-5-9-15(14,12-6-1-3-10-16-12)13-7-2-4-11-17-13/h12-13,16-17H,1-11H2. The summed E-state index contributed by atoms with van der Waals surface area (Å²) in [5.74, 6) is 0.543. The molecule has 3 aliphatic rings. The Kier molecular flexibility index (Phi) is 3.71. The van der Waals surface area contributed by atoms with Gasteiger partial charge in [0, 0.05) is 18.5 Å². The lowest BCUT2D eigenvalue weighted by Gasteiger charge is -2.46. The smallest absolute Gasteiger partial charge is 0.142 e. The van der Waals surface area contributed by atoms with Crippen LogP contribution in [-0.4, -0.2) is 31.0 Å². The van der Waals surface area contributed by atoms with Crippen LogP contribution in [0.5, 0.6) is 0 Å². The van der Waals surface area contributed by atoms with E-state index in [1.807, 2.05) is 0 Å². The molecule has 1 aliphatic carbocycles. The zero-order valence-electron chi connectivity index (χ0n) is 11.3. The lowest BCUT2D eigenvalue weighted by atomic mass is 9.67. The monoisotopic (exact) mass is 250 g/mol. The first-order valence-corrected chi connectivity index (χ1v) is 7.84. The second kappa shape index (κ2) is 5.30. The van der Waals surface area contributed by atoms with Crippen LogP contribution in [0.1, 0.15) is 57.8 Å². The van der Waals surface area contributed by atoms with Crippen LogP contribution in [0.4, 0.5) is 0 Å². The fraction of sp³-hybridized carbons (Fsp3) is 0.933. The van der Waals surface area contributed by atoms with E-state index in [9.17, 15) is 4.79 Å². The van der Waals surface area contributed by atoms with Crippen LogP contribution in [0.2, 0.25) is 0 Å². The topological polar surface area (TPSA) is 41.1 Å². The number of hydrogen-bond donors (Lipinski definition) is 2. The molecule has 1 saturated carbocycles. The highest BCUT2D eigenvalue weighted by molar-refractivity contribution is 5.88. The third-order valence-corrected chi connectivity index (χ3v) is 5.38. The van der Waals surface area contributed by atoms with Crippen molar-refractivity contribution in [2.45, 2.75) is 69.9 Å². The number of ketones is 1. The highest BCUT2D eigenvalue weighted by Crippen LogP contribution is 2.45. The van der Waals surface area contributed by atoms with Crippen LogP contribution >= 0.6 is 0 Å². The van der Waals surface area contributed by atoms with Gasteiger partial charge in [0.1, 0.15) is 5.78 Å². The number of hydrogen-bond acceptors (Lipinski definition) is 3. The maximum absolute atomic E-state index is 12.6. The Morgan fingerprint density at radius 2 is 1.50 bits per heavy atom. The molecule has 3 rings (SSSR count). The van der Waals surface area contributed by atoms with Gasteiger partial charge in [-0.1, -0.05) is 12.8 Å². The normalized spacial score (nSPS) is 42.1. The van der Waals surface area contributed by atoms with E-state index >= 15 is 0 Å². The number of carbonyl (C=O) groups is 1. The third kappa shape index (κ3) is 2.01. The Bertz CT molecular complexity index is 286. The summed E-state index contributed by atoms with van der Waals surface area (Å²) in [7, 11) is 0. The van der Waals surface area contributed by atoms with E-state index < -0.39 is 0 Å². The predicted molar refractivity (Wildman–Crippen MR) is 72.6 cm³/mol. The van der Waals surface area contributed by atoms with Gasteiger partial charge in [0.05, 0.1) is 5.41 Å². The average molecular weight is 250 g/mol. The quantitative estimate of drug-likeness (QED) is 0.787. The van der Waals surface area contributed by atoms with Crippen molar-refractivity contribution < 1.29 is 4.79 Å². The van der Waals surface area contributed by atoms with E-state index in [1.165, 1.54) is 38.5 Å². The van der Waals surface area contributed by atoms with E-state index in [1.54, 1.807) is 0 Å². The molecular weight excluding hydrogens is 224 g/mol. The Morgan fingerprint density at radius 1 is 0.889 bits per heavy atom. The Labute approximate surface area is 110 Å². The summed E-state index contributed by atoms with van der Waals surface area (Å²) in [5.41, 5.74) is -0.0686. The first-order chi connectivity index (χ1) is 8.84.